The van der Waals surface area contributed by atoms with E-state index in [1.54, 1.807) is 36.2 Å². The van der Waals surface area contributed by atoms with Gasteiger partial charge in [-0.2, -0.15) is 5.10 Å². The highest BCUT2D eigenvalue weighted by atomic mass is 32.2. The van der Waals surface area contributed by atoms with Crippen molar-refractivity contribution in [3.8, 4) is 11.6 Å². The molecule has 1 aliphatic heterocycles. The Balaban J connectivity index is 1.72. The number of pyridine rings is 1. The van der Waals surface area contributed by atoms with Crippen LogP contribution in [0.5, 0.6) is 5.88 Å². The van der Waals surface area contributed by atoms with Crippen molar-refractivity contribution >= 4 is 15.5 Å². The largest absolute Gasteiger partial charge is 0.481 e. The summed E-state index contributed by atoms with van der Waals surface area (Å²) in [5.41, 5.74) is 3.92. The van der Waals surface area contributed by atoms with Gasteiger partial charge in [-0.1, -0.05) is 19.9 Å². The van der Waals surface area contributed by atoms with Gasteiger partial charge in [0.2, 0.25) is 5.88 Å². The number of hydrogen-bond donors (Lipinski definition) is 0. The number of hydrogen-bond acceptors (Lipinski definition) is 6. The van der Waals surface area contributed by atoms with E-state index in [1.807, 2.05) is 24.4 Å². The SMILES string of the molecule is COc1cc(N2Cc3cn(-c4cccc(S(C)(=O)=O)c4)nc3[C@H]2C(C)C)ccn1. The van der Waals surface area contributed by atoms with E-state index in [1.165, 1.54) is 6.26 Å². The first-order valence-electron chi connectivity index (χ1n) is 9.43. The van der Waals surface area contributed by atoms with Gasteiger partial charge in [-0.15, -0.1) is 0 Å². The van der Waals surface area contributed by atoms with E-state index >= 15 is 0 Å². The number of nitrogens with zero attached hydrogens (tertiary/aromatic N) is 4. The zero-order chi connectivity index (χ0) is 20.8. The Morgan fingerprint density at radius 1 is 1.17 bits per heavy atom. The minimum Gasteiger partial charge on any atom is -0.481 e. The lowest BCUT2D eigenvalue weighted by Crippen LogP contribution is -2.26. The Hall–Kier alpha value is -2.87. The summed E-state index contributed by atoms with van der Waals surface area (Å²) in [5.74, 6) is 0.915. The lowest BCUT2D eigenvalue weighted by Gasteiger charge is -2.30. The van der Waals surface area contributed by atoms with Gasteiger partial charge in [-0.05, 0) is 30.2 Å². The average Bonchev–Trinajstić information content (AvgIpc) is 3.25. The van der Waals surface area contributed by atoms with Crippen molar-refractivity contribution in [3.63, 3.8) is 0 Å². The van der Waals surface area contributed by atoms with Gasteiger partial charge < -0.3 is 9.64 Å². The minimum absolute atomic E-state index is 0.108. The first-order chi connectivity index (χ1) is 13.8. The van der Waals surface area contributed by atoms with Crippen LogP contribution in [0.3, 0.4) is 0 Å². The van der Waals surface area contributed by atoms with Gasteiger partial charge in [0.25, 0.3) is 0 Å². The van der Waals surface area contributed by atoms with Gasteiger partial charge in [0.05, 0.1) is 29.4 Å². The number of methoxy groups -OCH3 is 1. The molecule has 0 aliphatic carbocycles. The molecule has 0 saturated carbocycles. The fraction of sp³-hybridized carbons (Fsp3) is 0.333. The van der Waals surface area contributed by atoms with Crippen molar-refractivity contribution in [2.24, 2.45) is 5.92 Å². The normalized spacial score (nSPS) is 16.3. The molecule has 0 saturated heterocycles. The summed E-state index contributed by atoms with van der Waals surface area (Å²) in [7, 11) is -1.66. The molecular formula is C21H24N4O3S. The minimum atomic E-state index is -3.27. The van der Waals surface area contributed by atoms with Crippen molar-refractivity contribution in [1.82, 2.24) is 14.8 Å². The molecule has 0 radical (unpaired) electrons. The summed E-state index contributed by atoms with van der Waals surface area (Å²) < 4.78 is 30.9. The summed E-state index contributed by atoms with van der Waals surface area (Å²) in [5, 5.41) is 4.84. The fourth-order valence-corrected chi connectivity index (χ4v) is 4.49. The number of benzene rings is 1. The number of sulfone groups is 1. The average molecular weight is 413 g/mol. The third-order valence-corrected chi connectivity index (χ3v) is 6.29. The second-order valence-corrected chi connectivity index (χ2v) is 9.64. The smallest absolute Gasteiger partial charge is 0.214 e. The lowest BCUT2D eigenvalue weighted by atomic mass is 10.0. The molecule has 1 aliphatic rings. The third-order valence-electron chi connectivity index (χ3n) is 5.18. The molecule has 0 spiro atoms. The third kappa shape index (κ3) is 3.60. The van der Waals surface area contributed by atoms with Gasteiger partial charge in [-0.25, -0.2) is 18.1 Å². The number of fused-ring (bicyclic) bond motifs is 1. The monoisotopic (exact) mass is 412 g/mol. The van der Waals surface area contributed by atoms with Crippen LogP contribution in [0.15, 0.2) is 53.7 Å². The van der Waals surface area contributed by atoms with E-state index in [4.69, 9.17) is 9.84 Å². The van der Waals surface area contributed by atoms with E-state index in [-0.39, 0.29) is 10.9 Å². The van der Waals surface area contributed by atoms with E-state index in [2.05, 4.69) is 23.7 Å². The van der Waals surface area contributed by atoms with Crippen LogP contribution in [-0.4, -0.2) is 36.5 Å². The van der Waals surface area contributed by atoms with Crippen molar-refractivity contribution in [3.05, 3.63) is 60.0 Å². The van der Waals surface area contributed by atoms with Crippen LogP contribution < -0.4 is 9.64 Å². The molecule has 7 nitrogen and oxygen atoms in total. The second-order valence-electron chi connectivity index (χ2n) is 7.63. The van der Waals surface area contributed by atoms with Gasteiger partial charge >= 0.3 is 0 Å². The number of anilines is 1. The predicted molar refractivity (Wildman–Crippen MR) is 111 cm³/mol. The Labute approximate surface area is 170 Å². The highest BCUT2D eigenvalue weighted by Gasteiger charge is 2.36. The Morgan fingerprint density at radius 2 is 1.97 bits per heavy atom. The van der Waals surface area contributed by atoms with Crippen LogP contribution in [0.2, 0.25) is 0 Å². The highest BCUT2D eigenvalue weighted by molar-refractivity contribution is 7.90. The standard InChI is InChI=1S/C21H24N4O3S/c1-14(2)21-20-15(12-24(21)16-8-9-22-19(11-16)28-3)13-25(23-20)17-6-5-7-18(10-17)29(4,26)27/h5-11,13-14,21H,12H2,1-4H3/t21-/m1/s1. The molecule has 0 unspecified atom stereocenters. The van der Waals surface area contributed by atoms with Crippen LogP contribution in [0, 0.1) is 5.92 Å². The van der Waals surface area contributed by atoms with Crippen LogP contribution >= 0.6 is 0 Å². The molecular weight excluding hydrogens is 388 g/mol. The first kappa shape index (κ1) is 19.4. The number of rotatable bonds is 5. The maximum Gasteiger partial charge on any atom is 0.214 e. The second kappa shape index (κ2) is 7.18. The Kier molecular flexibility index (Phi) is 4.82. The molecule has 1 atom stereocenters. The van der Waals surface area contributed by atoms with E-state index in [0.29, 0.717) is 11.8 Å². The van der Waals surface area contributed by atoms with Crippen molar-refractivity contribution in [2.75, 3.05) is 18.3 Å². The molecule has 4 rings (SSSR count). The summed E-state index contributed by atoms with van der Waals surface area (Å²) in [6, 6.07) is 10.9. The van der Waals surface area contributed by atoms with Crippen LogP contribution in [0.1, 0.15) is 31.1 Å². The topological polar surface area (TPSA) is 77.3 Å². The van der Waals surface area contributed by atoms with E-state index in [0.717, 1.165) is 29.2 Å². The summed E-state index contributed by atoms with van der Waals surface area (Å²) in [6.45, 7) is 5.07. The zero-order valence-electron chi connectivity index (χ0n) is 16.9. The van der Waals surface area contributed by atoms with Crippen molar-refractivity contribution < 1.29 is 13.2 Å². The van der Waals surface area contributed by atoms with Crippen LogP contribution in [-0.2, 0) is 16.4 Å². The summed E-state index contributed by atoms with van der Waals surface area (Å²) >= 11 is 0. The molecule has 1 aromatic carbocycles. The highest BCUT2D eigenvalue weighted by Crippen LogP contribution is 2.41. The van der Waals surface area contributed by atoms with Gasteiger partial charge in [0.15, 0.2) is 9.84 Å². The molecule has 0 amide bonds. The molecule has 152 valence electrons. The molecule has 0 fully saturated rings. The lowest BCUT2D eigenvalue weighted by molar-refractivity contribution is 0.397. The predicted octanol–water partition coefficient (Wildman–Crippen LogP) is 3.40. The zero-order valence-corrected chi connectivity index (χ0v) is 17.7. The fourth-order valence-electron chi connectivity index (χ4n) is 3.83. The molecule has 2 aromatic heterocycles. The summed E-state index contributed by atoms with van der Waals surface area (Å²) in [4.78, 5) is 6.80. The van der Waals surface area contributed by atoms with Gasteiger partial charge in [0.1, 0.15) is 0 Å². The Morgan fingerprint density at radius 3 is 2.66 bits per heavy atom. The molecule has 0 N–H and O–H groups in total. The van der Waals surface area contributed by atoms with Gasteiger partial charge in [-0.3, -0.25) is 0 Å². The maximum absolute atomic E-state index is 11.9. The van der Waals surface area contributed by atoms with E-state index in [9.17, 15) is 8.42 Å². The molecule has 29 heavy (non-hydrogen) atoms. The quantitative estimate of drug-likeness (QED) is 0.639. The van der Waals surface area contributed by atoms with E-state index < -0.39 is 9.84 Å². The van der Waals surface area contributed by atoms with Crippen LogP contribution in [0.25, 0.3) is 5.69 Å². The molecule has 3 heterocycles. The van der Waals surface area contributed by atoms with Crippen molar-refractivity contribution in [1.29, 1.82) is 0 Å². The number of aromatic nitrogens is 3. The number of ether oxygens (including phenoxy) is 1. The van der Waals surface area contributed by atoms with Gasteiger partial charge in [0, 0.05) is 42.5 Å². The first-order valence-corrected chi connectivity index (χ1v) is 11.3. The Bertz CT molecular complexity index is 1150. The molecule has 0 bridgehead atoms. The van der Waals surface area contributed by atoms with Crippen molar-refractivity contribution in [2.45, 2.75) is 31.3 Å². The maximum atomic E-state index is 11.9. The van der Waals surface area contributed by atoms with Crippen LogP contribution in [0.4, 0.5) is 5.69 Å². The summed E-state index contributed by atoms with van der Waals surface area (Å²) in [6.07, 6.45) is 4.95. The molecule has 8 heteroatoms. The molecule has 3 aromatic rings.